The maximum Gasteiger partial charge on any atom is 0.163 e. The minimum atomic E-state index is 0.547. The van der Waals surface area contributed by atoms with Crippen molar-refractivity contribution in [1.82, 2.24) is 19.7 Å². The summed E-state index contributed by atoms with van der Waals surface area (Å²) in [5.41, 5.74) is 2.26. The Morgan fingerprint density at radius 2 is 2.14 bits per heavy atom. The topological polar surface area (TPSA) is 46.0 Å². The number of nitrogens with one attached hydrogen (secondary N) is 1. The molecule has 0 bridgehead atoms. The maximum atomic E-state index is 4.17. The van der Waals surface area contributed by atoms with Crippen LogP contribution in [0.15, 0.2) is 30.6 Å². The van der Waals surface area contributed by atoms with Gasteiger partial charge in [-0.1, -0.05) is 12.1 Å². The molecule has 5 heteroatoms. The van der Waals surface area contributed by atoms with E-state index in [1.54, 1.807) is 6.33 Å². The number of nitrogens with zero attached hydrogens (tertiary/aromatic N) is 4. The van der Waals surface area contributed by atoms with Crippen LogP contribution >= 0.6 is 0 Å². The van der Waals surface area contributed by atoms with Crippen LogP contribution in [0, 0.1) is 0 Å². The summed E-state index contributed by atoms with van der Waals surface area (Å²) in [6, 6.07) is 9.62. The third kappa shape index (κ3) is 3.08. The van der Waals surface area contributed by atoms with Crippen molar-refractivity contribution in [2.75, 3.05) is 18.9 Å². The van der Waals surface area contributed by atoms with Gasteiger partial charge in [-0.25, -0.2) is 0 Å². The highest BCUT2D eigenvalue weighted by Gasteiger charge is 2.22. The lowest BCUT2D eigenvalue weighted by Crippen LogP contribution is -2.42. The molecule has 2 unspecified atom stereocenters. The van der Waals surface area contributed by atoms with Crippen LogP contribution in [0.1, 0.15) is 19.8 Å². The first-order valence-corrected chi connectivity index (χ1v) is 7.54. The van der Waals surface area contributed by atoms with Crippen molar-refractivity contribution in [1.29, 1.82) is 0 Å². The Bertz CT molecular complexity index is 606. The van der Waals surface area contributed by atoms with Crippen LogP contribution < -0.4 is 5.32 Å². The number of anilines is 1. The maximum absolute atomic E-state index is 4.17. The summed E-state index contributed by atoms with van der Waals surface area (Å²) in [5, 5.41) is 11.8. The van der Waals surface area contributed by atoms with E-state index in [4.69, 9.17) is 0 Å². The lowest BCUT2D eigenvalue weighted by Gasteiger charge is -2.35. The Morgan fingerprint density at radius 3 is 2.86 bits per heavy atom. The van der Waals surface area contributed by atoms with E-state index in [0.29, 0.717) is 12.1 Å². The second-order valence-electron chi connectivity index (χ2n) is 6.04. The molecular weight excluding hydrogens is 262 g/mol. The zero-order valence-electron chi connectivity index (χ0n) is 13.0. The molecule has 1 aromatic heterocycles. The predicted molar refractivity (Wildman–Crippen MR) is 85.2 cm³/mol. The summed E-state index contributed by atoms with van der Waals surface area (Å²) >= 11 is 0. The first-order valence-electron chi connectivity index (χ1n) is 7.54. The SMILES string of the molecule is CC1CC(Nc2cccc(-c3nncn3C)c2)CCN1C. The molecular formula is C16H23N5. The number of piperidine rings is 1. The zero-order valence-corrected chi connectivity index (χ0v) is 13.0. The Hall–Kier alpha value is -1.88. The van der Waals surface area contributed by atoms with E-state index in [1.807, 2.05) is 11.6 Å². The summed E-state index contributed by atoms with van der Waals surface area (Å²) in [6.07, 6.45) is 4.10. The summed E-state index contributed by atoms with van der Waals surface area (Å²) in [5.74, 6) is 0.899. The zero-order chi connectivity index (χ0) is 14.8. The largest absolute Gasteiger partial charge is 0.382 e. The van der Waals surface area contributed by atoms with Crippen LogP contribution in [0.2, 0.25) is 0 Å². The molecule has 2 atom stereocenters. The monoisotopic (exact) mass is 285 g/mol. The number of likely N-dealkylation sites (tertiary alicyclic amines) is 1. The van der Waals surface area contributed by atoms with E-state index in [1.165, 1.54) is 12.8 Å². The van der Waals surface area contributed by atoms with E-state index < -0.39 is 0 Å². The van der Waals surface area contributed by atoms with E-state index >= 15 is 0 Å². The number of rotatable bonds is 3. The molecule has 3 rings (SSSR count). The highest BCUT2D eigenvalue weighted by molar-refractivity contribution is 5.62. The molecule has 2 heterocycles. The van der Waals surface area contributed by atoms with Crippen molar-refractivity contribution in [3.8, 4) is 11.4 Å². The summed E-state index contributed by atoms with van der Waals surface area (Å²) < 4.78 is 1.94. The summed E-state index contributed by atoms with van der Waals surface area (Å²) in [6.45, 7) is 3.45. The third-order valence-corrected chi connectivity index (χ3v) is 4.41. The Labute approximate surface area is 126 Å². The minimum Gasteiger partial charge on any atom is -0.382 e. The van der Waals surface area contributed by atoms with Gasteiger partial charge in [-0.05, 0) is 38.9 Å². The van der Waals surface area contributed by atoms with Gasteiger partial charge in [0.2, 0.25) is 0 Å². The van der Waals surface area contributed by atoms with E-state index in [9.17, 15) is 0 Å². The molecule has 5 nitrogen and oxygen atoms in total. The van der Waals surface area contributed by atoms with Crippen LogP contribution in [0.25, 0.3) is 11.4 Å². The summed E-state index contributed by atoms with van der Waals surface area (Å²) in [4.78, 5) is 2.42. The number of hydrogen-bond donors (Lipinski definition) is 1. The molecule has 0 saturated carbocycles. The van der Waals surface area contributed by atoms with Crippen molar-refractivity contribution in [2.24, 2.45) is 7.05 Å². The van der Waals surface area contributed by atoms with Gasteiger partial charge in [0, 0.05) is 36.9 Å². The minimum absolute atomic E-state index is 0.547. The number of aromatic nitrogens is 3. The number of benzene rings is 1. The Balaban J connectivity index is 1.74. The molecule has 0 radical (unpaired) electrons. The molecule has 1 aliphatic heterocycles. The van der Waals surface area contributed by atoms with Gasteiger partial charge in [-0.2, -0.15) is 0 Å². The standard InChI is InChI=1S/C16H23N5/c1-12-9-15(7-8-20(12)2)18-14-6-4-5-13(10-14)16-19-17-11-21(16)3/h4-6,10-12,15,18H,7-9H2,1-3H3. The average Bonchev–Trinajstić information content (AvgIpc) is 2.89. The van der Waals surface area contributed by atoms with Crippen LogP contribution in [0.3, 0.4) is 0 Å². The normalized spacial score (nSPS) is 23.2. The van der Waals surface area contributed by atoms with Crippen molar-refractivity contribution in [2.45, 2.75) is 31.8 Å². The Morgan fingerprint density at radius 1 is 1.29 bits per heavy atom. The van der Waals surface area contributed by atoms with Gasteiger partial charge in [0.1, 0.15) is 6.33 Å². The van der Waals surface area contributed by atoms with Gasteiger partial charge in [-0.15, -0.1) is 10.2 Å². The van der Waals surface area contributed by atoms with Gasteiger partial charge in [-0.3, -0.25) is 0 Å². The fourth-order valence-electron chi connectivity index (χ4n) is 2.95. The molecule has 1 aromatic carbocycles. The second-order valence-corrected chi connectivity index (χ2v) is 6.04. The molecule has 2 aromatic rings. The van der Waals surface area contributed by atoms with Crippen molar-refractivity contribution < 1.29 is 0 Å². The lowest BCUT2D eigenvalue weighted by molar-refractivity contribution is 0.190. The van der Waals surface area contributed by atoms with Crippen LogP contribution in [0.5, 0.6) is 0 Å². The second kappa shape index (κ2) is 5.85. The average molecular weight is 285 g/mol. The fourth-order valence-corrected chi connectivity index (χ4v) is 2.95. The van der Waals surface area contributed by atoms with Crippen molar-refractivity contribution in [3.05, 3.63) is 30.6 Å². The van der Waals surface area contributed by atoms with Crippen molar-refractivity contribution >= 4 is 5.69 Å². The molecule has 21 heavy (non-hydrogen) atoms. The predicted octanol–water partition coefficient (Wildman–Crippen LogP) is 2.38. The number of hydrogen-bond acceptors (Lipinski definition) is 4. The molecule has 0 amide bonds. The van der Waals surface area contributed by atoms with Gasteiger partial charge < -0.3 is 14.8 Å². The first-order chi connectivity index (χ1) is 10.1. The molecule has 0 spiro atoms. The fraction of sp³-hybridized carbons (Fsp3) is 0.500. The van der Waals surface area contributed by atoms with Gasteiger partial charge in [0.25, 0.3) is 0 Å². The quantitative estimate of drug-likeness (QED) is 0.940. The lowest BCUT2D eigenvalue weighted by atomic mass is 9.98. The first kappa shape index (κ1) is 14.1. The highest BCUT2D eigenvalue weighted by atomic mass is 15.2. The molecule has 112 valence electrons. The molecule has 1 fully saturated rings. The molecule has 1 saturated heterocycles. The van der Waals surface area contributed by atoms with Gasteiger partial charge in [0.15, 0.2) is 5.82 Å². The number of aryl methyl sites for hydroxylation is 1. The van der Waals surface area contributed by atoms with E-state index in [2.05, 4.69) is 58.7 Å². The van der Waals surface area contributed by atoms with E-state index in [-0.39, 0.29) is 0 Å². The smallest absolute Gasteiger partial charge is 0.163 e. The molecule has 0 aliphatic carbocycles. The Kier molecular flexibility index (Phi) is 3.92. The van der Waals surface area contributed by atoms with Crippen molar-refractivity contribution in [3.63, 3.8) is 0 Å². The van der Waals surface area contributed by atoms with Gasteiger partial charge in [0.05, 0.1) is 0 Å². The van der Waals surface area contributed by atoms with Crippen LogP contribution in [-0.4, -0.2) is 45.3 Å². The van der Waals surface area contributed by atoms with E-state index in [0.717, 1.165) is 23.6 Å². The molecule has 1 N–H and O–H groups in total. The highest BCUT2D eigenvalue weighted by Crippen LogP contribution is 2.23. The van der Waals surface area contributed by atoms with Gasteiger partial charge >= 0.3 is 0 Å². The van der Waals surface area contributed by atoms with Crippen LogP contribution in [-0.2, 0) is 7.05 Å². The third-order valence-electron chi connectivity index (χ3n) is 4.41. The van der Waals surface area contributed by atoms with Crippen LogP contribution in [0.4, 0.5) is 5.69 Å². The molecule has 1 aliphatic rings. The summed E-state index contributed by atoms with van der Waals surface area (Å²) in [7, 11) is 4.17.